The molecule has 0 saturated carbocycles. The molecule has 1 heterocycles. The molecule has 2 aromatic rings. The van der Waals surface area contributed by atoms with Crippen molar-refractivity contribution in [2.24, 2.45) is 0 Å². The Bertz CT molecular complexity index is 727. The highest BCUT2D eigenvalue weighted by atomic mass is 79.9. The van der Waals surface area contributed by atoms with Crippen molar-refractivity contribution in [2.75, 3.05) is 13.1 Å². The molecule has 0 N–H and O–H groups in total. The molecule has 3 rings (SSSR count). The van der Waals surface area contributed by atoms with Crippen LogP contribution in [0, 0.1) is 19.7 Å². The number of benzene rings is 2. The standard InChI is InChI=1S/C21H25BrFNO/c1-15-16(2)21(25-14-17-9-5-3-6-10-17)19(22)18(20(15)23)13-24-11-7-4-8-12-24/h3,5-6,9-10H,4,7-8,11-14H2,1-2H3. The molecule has 4 heteroatoms. The monoisotopic (exact) mass is 405 g/mol. The summed E-state index contributed by atoms with van der Waals surface area (Å²) >= 11 is 3.63. The minimum atomic E-state index is -0.109. The molecule has 0 spiro atoms. The summed E-state index contributed by atoms with van der Waals surface area (Å²) in [6.45, 7) is 6.96. The number of piperidine rings is 1. The number of hydrogen-bond donors (Lipinski definition) is 0. The van der Waals surface area contributed by atoms with Gasteiger partial charge in [0.15, 0.2) is 0 Å². The van der Waals surface area contributed by atoms with Gasteiger partial charge in [0.1, 0.15) is 18.2 Å². The third-order valence-electron chi connectivity index (χ3n) is 5.02. The van der Waals surface area contributed by atoms with Crippen LogP contribution in [0.15, 0.2) is 34.8 Å². The van der Waals surface area contributed by atoms with Gasteiger partial charge >= 0.3 is 0 Å². The Labute approximate surface area is 158 Å². The maximum absolute atomic E-state index is 14.9. The van der Waals surface area contributed by atoms with E-state index in [1.54, 1.807) is 0 Å². The van der Waals surface area contributed by atoms with Crippen LogP contribution in [-0.2, 0) is 13.2 Å². The summed E-state index contributed by atoms with van der Waals surface area (Å²) in [6.07, 6.45) is 3.67. The van der Waals surface area contributed by atoms with Gasteiger partial charge in [0, 0.05) is 12.1 Å². The third-order valence-corrected chi connectivity index (χ3v) is 5.86. The molecule has 1 aliphatic rings. The van der Waals surface area contributed by atoms with Crippen LogP contribution in [0.25, 0.3) is 0 Å². The molecule has 2 nitrogen and oxygen atoms in total. The number of rotatable bonds is 5. The summed E-state index contributed by atoms with van der Waals surface area (Å²) in [5.41, 5.74) is 3.36. The molecular formula is C21H25BrFNO. The summed E-state index contributed by atoms with van der Waals surface area (Å²) in [7, 11) is 0. The van der Waals surface area contributed by atoms with E-state index in [0.717, 1.165) is 34.4 Å². The van der Waals surface area contributed by atoms with Crippen LogP contribution in [-0.4, -0.2) is 18.0 Å². The minimum Gasteiger partial charge on any atom is -0.487 e. The van der Waals surface area contributed by atoms with Crippen LogP contribution in [0.3, 0.4) is 0 Å². The molecule has 0 aromatic heterocycles. The van der Waals surface area contributed by atoms with Crippen LogP contribution in [0.2, 0.25) is 0 Å². The zero-order chi connectivity index (χ0) is 17.8. The molecule has 1 fully saturated rings. The van der Waals surface area contributed by atoms with E-state index in [4.69, 9.17) is 4.74 Å². The number of likely N-dealkylation sites (tertiary alicyclic amines) is 1. The van der Waals surface area contributed by atoms with Crippen molar-refractivity contribution in [3.8, 4) is 5.75 Å². The Morgan fingerprint density at radius 2 is 1.72 bits per heavy atom. The van der Waals surface area contributed by atoms with Gasteiger partial charge in [-0.05, 0) is 72.4 Å². The van der Waals surface area contributed by atoms with E-state index in [-0.39, 0.29) is 5.82 Å². The van der Waals surface area contributed by atoms with E-state index >= 15 is 0 Å². The van der Waals surface area contributed by atoms with Crippen molar-refractivity contribution in [1.82, 2.24) is 4.90 Å². The second-order valence-electron chi connectivity index (χ2n) is 6.80. The lowest BCUT2D eigenvalue weighted by molar-refractivity contribution is 0.217. The van der Waals surface area contributed by atoms with E-state index in [9.17, 15) is 4.39 Å². The van der Waals surface area contributed by atoms with E-state index < -0.39 is 0 Å². The first-order valence-corrected chi connectivity index (χ1v) is 9.73. The Morgan fingerprint density at radius 3 is 2.40 bits per heavy atom. The van der Waals surface area contributed by atoms with Crippen molar-refractivity contribution in [1.29, 1.82) is 0 Å². The van der Waals surface area contributed by atoms with Crippen LogP contribution in [0.1, 0.15) is 41.5 Å². The Hall–Kier alpha value is -1.39. The van der Waals surface area contributed by atoms with E-state index in [1.807, 2.05) is 44.2 Å². The van der Waals surface area contributed by atoms with Gasteiger partial charge in [0.2, 0.25) is 0 Å². The number of ether oxygens (including phenoxy) is 1. The van der Waals surface area contributed by atoms with Crippen molar-refractivity contribution in [3.63, 3.8) is 0 Å². The predicted molar refractivity (Wildman–Crippen MR) is 103 cm³/mol. The van der Waals surface area contributed by atoms with Crippen molar-refractivity contribution >= 4 is 15.9 Å². The second kappa shape index (κ2) is 8.33. The van der Waals surface area contributed by atoms with Gasteiger partial charge < -0.3 is 4.74 Å². The van der Waals surface area contributed by atoms with Crippen LogP contribution < -0.4 is 4.74 Å². The van der Waals surface area contributed by atoms with Gasteiger partial charge in [-0.2, -0.15) is 0 Å². The maximum atomic E-state index is 14.9. The Morgan fingerprint density at radius 1 is 1.04 bits per heavy atom. The predicted octanol–water partition coefficient (Wildman–Crippen LogP) is 5.77. The average Bonchev–Trinajstić information content (AvgIpc) is 2.65. The fourth-order valence-electron chi connectivity index (χ4n) is 3.34. The lowest BCUT2D eigenvalue weighted by atomic mass is 10.0. The van der Waals surface area contributed by atoms with Gasteiger partial charge in [-0.25, -0.2) is 4.39 Å². The topological polar surface area (TPSA) is 12.5 Å². The zero-order valence-electron chi connectivity index (χ0n) is 14.9. The number of halogens is 2. The molecule has 134 valence electrons. The summed E-state index contributed by atoms with van der Waals surface area (Å²) in [5.74, 6) is 0.650. The highest BCUT2D eigenvalue weighted by molar-refractivity contribution is 9.10. The molecule has 0 radical (unpaired) electrons. The van der Waals surface area contributed by atoms with Crippen molar-refractivity contribution < 1.29 is 9.13 Å². The quantitative estimate of drug-likeness (QED) is 0.625. The van der Waals surface area contributed by atoms with Crippen LogP contribution in [0.4, 0.5) is 4.39 Å². The molecular weight excluding hydrogens is 381 g/mol. The lowest BCUT2D eigenvalue weighted by Crippen LogP contribution is -2.29. The first-order valence-electron chi connectivity index (χ1n) is 8.94. The fourth-order valence-corrected chi connectivity index (χ4v) is 4.05. The van der Waals surface area contributed by atoms with Crippen LogP contribution in [0.5, 0.6) is 5.75 Å². The highest BCUT2D eigenvalue weighted by Gasteiger charge is 2.22. The van der Waals surface area contributed by atoms with Crippen LogP contribution >= 0.6 is 15.9 Å². The fraction of sp³-hybridized carbons (Fsp3) is 0.429. The lowest BCUT2D eigenvalue weighted by Gasteiger charge is -2.28. The number of nitrogens with zero attached hydrogens (tertiary/aromatic N) is 1. The summed E-state index contributed by atoms with van der Waals surface area (Å²) in [6, 6.07) is 10.1. The largest absolute Gasteiger partial charge is 0.487 e. The van der Waals surface area contributed by atoms with Gasteiger partial charge in [0.05, 0.1) is 4.47 Å². The summed E-state index contributed by atoms with van der Waals surface area (Å²) in [5, 5.41) is 0. The molecule has 0 atom stereocenters. The molecule has 0 amide bonds. The highest BCUT2D eigenvalue weighted by Crippen LogP contribution is 2.38. The third kappa shape index (κ3) is 4.24. The van der Waals surface area contributed by atoms with Gasteiger partial charge in [-0.15, -0.1) is 0 Å². The molecule has 25 heavy (non-hydrogen) atoms. The smallest absolute Gasteiger partial charge is 0.137 e. The second-order valence-corrected chi connectivity index (χ2v) is 7.59. The summed E-state index contributed by atoms with van der Waals surface area (Å²) in [4.78, 5) is 2.34. The van der Waals surface area contributed by atoms with E-state index in [0.29, 0.717) is 24.3 Å². The first-order chi connectivity index (χ1) is 12.1. The van der Waals surface area contributed by atoms with Gasteiger partial charge in [0.25, 0.3) is 0 Å². The SMILES string of the molecule is Cc1c(C)c(OCc2ccccc2)c(Br)c(CN2CCCCC2)c1F. The molecule has 1 saturated heterocycles. The Balaban J connectivity index is 1.86. The van der Waals surface area contributed by atoms with Crippen molar-refractivity contribution in [2.45, 2.75) is 46.3 Å². The van der Waals surface area contributed by atoms with Gasteiger partial charge in [-0.3, -0.25) is 4.90 Å². The molecule has 1 aliphatic heterocycles. The van der Waals surface area contributed by atoms with Crippen molar-refractivity contribution in [3.05, 3.63) is 62.9 Å². The molecule has 0 bridgehead atoms. The number of hydrogen-bond acceptors (Lipinski definition) is 2. The maximum Gasteiger partial charge on any atom is 0.137 e. The molecule has 0 unspecified atom stereocenters. The first kappa shape index (κ1) is 18.4. The van der Waals surface area contributed by atoms with E-state index in [1.165, 1.54) is 19.3 Å². The minimum absolute atomic E-state index is 0.109. The molecule has 2 aromatic carbocycles. The Kier molecular flexibility index (Phi) is 6.13. The molecule has 0 aliphatic carbocycles. The van der Waals surface area contributed by atoms with E-state index in [2.05, 4.69) is 20.8 Å². The summed E-state index contributed by atoms with van der Waals surface area (Å²) < 4.78 is 21.8. The zero-order valence-corrected chi connectivity index (χ0v) is 16.5. The average molecular weight is 406 g/mol. The normalized spacial score (nSPS) is 15.4. The van der Waals surface area contributed by atoms with Gasteiger partial charge in [-0.1, -0.05) is 36.8 Å².